The summed E-state index contributed by atoms with van der Waals surface area (Å²) in [5.41, 5.74) is 7.84. The molecule has 0 spiro atoms. The highest BCUT2D eigenvalue weighted by Gasteiger charge is 2.18. The van der Waals surface area contributed by atoms with E-state index in [1.165, 1.54) is 0 Å². The van der Waals surface area contributed by atoms with Crippen molar-refractivity contribution in [3.05, 3.63) is 17.6 Å². The van der Waals surface area contributed by atoms with Crippen molar-refractivity contribution in [3.63, 3.8) is 0 Å². The maximum Gasteiger partial charge on any atom is 0.144 e. The lowest BCUT2D eigenvalue weighted by molar-refractivity contribution is 0.0251. The number of nitrogens with two attached hydrogens (primary N) is 1. The molecule has 0 aliphatic heterocycles. The van der Waals surface area contributed by atoms with Crippen LogP contribution in [0.5, 0.6) is 0 Å². The van der Waals surface area contributed by atoms with Gasteiger partial charge in [0.05, 0.1) is 23.7 Å². The maximum atomic E-state index is 5.88. The molecule has 20 heavy (non-hydrogen) atoms. The molecule has 1 saturated carbocycles. The zero-order chi connectivity index (χ0) is 14.4. The van der Waals surface area contributed by atoms with Gasteiger partial charge in [0.25, 0.3) is 0 Å². The second-order valence-corrected chi connectivity index (χ2v) is 5.61. The van der Waals surface area contributed by atoms with Crippen molar-refractivity contribution in [2.75, 3.05) is 18.5 Å². The van der Waals surface area contributed by atoms with Crippen LogP contribution in [0.25, 0.3) is 0 Å². The molecule has 0 unspecified atom stereocenters. The number of aromatic nitrogens is 2. The van der Waals surface area contributed by atoms with Gasteiger partial charge in [0.1, 0.15) is 5.82 Å². The van der Waals surface area contributed by atoms with Crippen LogP contribution >= 0.6 is 0 Å². The molecule has 1 aliphatic carbocycles. The van der Waals surface area contributed by atoms with Gasteiger partial charge in [0, 0.05) is 19.2 Å². The van der Waals surface area contributed by atoms with Crippen molar-refractivity contribution in [1.82, 2.24) is 9.97 Å². The Balaban J connectivity index is 1.58. The lowest BCUT2D eigenvalue weighted by Gasteiger charge is -2.26. The highest BCUT2D eigenvalue weighted by Crippen LogP contribution is 2.19. The van der Waals surface area contributed by atoms with Gasteiger partial charge < -0.3 is 15.8 Å². The lowest BCUT2D eigenvalue weighted by Crippen LogP contribution is -2.30. The number of ether oxygens (including phenoxy) is 1. The quantitative estimate of drug-likeness (QED) is 0.780. The summed E-state index contributed by atoms with van der Waals surface area (Å²) >= 11 is 0. The van der Waals surface area contributed by atoms with Gasteiger partial charge in [-0.15, -0.1) is 0 Å². The smallest absolute Gasteiger partial charge is 0.144 e. The molecule has 0 aromatic carbocycles. The third kappa shape index (κ3) is 4.72. The third-order valence-corrected chi connectivity index (χ3v) is 3.89. The fourth-order valence-electron chi connectivity index (χ4n) is 2.42. The van der Waals surface area contributed by atoms with Gasteiger partial charge in [-0.3, -0.25) is 4.98 Å². The van der Waals surface area contributed by atoms with Crippen LogP contribution in [-0.4, -0.2) is 35.3 Å². The van der Waals surface area contributed by atoms with E-state index in [0.717, 1.165) is 62.5 Å². The summed E-state index contributed by atoms with van der Waals surface area (Å²) in [5, 5.41) is 3.28. The second kappa shape index (κ2) is 7.55. The largest absolute Gasteiger partial charge is 0.378 e. The van der Waals surface area contributed by atoms with Gasteiger partial charge in [-0.25, -0.2) is 4.98 Å². The predicted molar refractivity (Wildman–Crippen MR) is 80.8 cm³/mol. The van der Waals surface area contributed by atoms with Crippen molar-refractivity contribution in [2.24, 2.45) is 5.73 Å². The first-order valence-corrected chi connectivity index (χ1v) is 7.56. The van der Waals surface area contributed by atoms with Crippen LogP contribution in [0.1, 0.15) is 43.5 Å². The Morgan fingerprint density at radius 3 is 2.70 bits per heavy atom. The van der Waals surface area contributed by atoms with E-state index in [4.69, 9.17) is 10.5 Å². The number of hydrogen-bond donors (Lipinski definition) is 2. The number of anilines is 1. The highest BCUT2D eigenvalue weighted by atomic mass is 16.5. The van der Waals surface area contributed by atoms with Gasteiger partial charge in [0.15, 0.2) is 0 Å². The molecular formula is C15H26N4O. The topological polar surface area (TPSA) is 73.1 Å². The van der Waals surface area contributed by atoms with Crippen molar-refractivity contribution in [2.45, 2.75) is 58.1 Å². The minimum atomic E-state index is 0.389. The molecule has 0 saturated heterocycles. The molecule has 1 fully saturated rings. The SMILES string of the molecule is Cc1ncc(NCCCOC2CCC(N)CC2)nc1C. The van der Waals surface area contributed by atoms with Gasteiger partial charge in [-0.2, -0.15) is 0 Å². The summed E-state index contributed by atoms with van der Waals surface area (Å²) in [6.07, 6.45) is 7.59. The Hall–Kier alpha value is -1.20. The Bertz CT molecular complexity index is 416. The second-order valence-electron chi connectivity index (χ2n) is 5.61. The fourth-order valence-corrected chi connectivity index (χ4v) is 2.42. The average molecular weight is 278 g/mol. The predicted octanol–water partition coefficient (Wildman–Crippen LogP) is 2.18. The van der Waals surface area contributed by atoms with E-state index < -0.39 is 0 Å². The zero-order valence-electron chi connectivity index (χ0n) is 12.6. The normalized spacial score (nSPS) is 22.8. The number of nitrogens with zero attached hydrogens (tertiary/aromatic N) is 2. The molecule has 1 heterocycles. The van der Waals surface area contributed by atoms with Gasteiger partial charge in [-0.05, 0) is 46.0 Å². The molecule has 5 heteroatoms. The number of nitrogens with one attached hydrogen (secondary N) is 1. The van der Waals surface area contributed by atoms with Crippen molar-refractivity contribution in [1.29, 1.82) is 0 Å². The van der Waals surface area contributed by atoms with Crippen LogP contribution in [0.4, 0.5) is 5.82 Å². The highest BCUT2D eigenvalue weighted by molar-refractivity contribution is 5.32. The Morgan fingerprint density at radius 2 is 2.00 bits per heavy atom. The number of rotatable bonds is 6. The molecule has 5 nitrogen and oxygen atoms in total. The van der Waals surface area contributed by atoms with E-state index in [1.807, 2.05) is 13.8 Å². The molecule has 0 bridgehead atoms. The van der Waals surface area contributed by atoms with Crippen LogP contribution in [0.15, 0.2) is 6.20 Å². The number of aryl methyl sites for hydroxylation is 2. The lowest BCUT2D eigenvalue weighted by atomic mass is 9.94. The fraction of sp³-hybridized carbons (Fsp3) is 0.733. The molecular weight excluding hydrogens is 252 g/mol. The monoisotopic (exact) mass is 278 g/mol. The molecule has 2 rings (SSSR count). The van der Waals surface area contributed by atoms with E-state index in [1.54, 1.807) is 6.20 Å². The molecule has 3 N–H and O–H groups in total. The molecule has 0 amide bonds. The summed E-state index contributed by atoms with van der Waals surface area (Å²) in [4.78, 5) is 8.73. The van der Waals surface area contributed by atoms with E-state index in [-0.39, 0.29) is 0 Å². The molecule has 0 atom stereocenters. The molecule has 112 valence electrons. The van der Waals surface area contributed by atoms with Crippen molar-refractivity contribution >= 4 is 5.82 Å². The van der Waals surface area contributed by atoms with Gasteiger partial charge >= 0.3 is 0 Å². The summed E-state index contributed by atoms with van der Waals surface area (Å²) < 4.78 is 5.88. The molecule has 1 aromatic heterocycles. The zero-order valence-corrected chi connectivity index (χ0v) is 12.6. The van der Waals surface area contributed by atoms with Gasteiger partial charge in [0.2, 0.25) is 0 Å². The summed E-state index contributed by atoms with van der Waals surface area (Å²) in [5.74, 6) is 0.844. The van der Waals surface area contributed by atoms with Crippen LogP contribution in [0.3, 0.4) is 0 Å². The molecule has 0 radical (unpaired) electrons. The first-order valence-electron chi connectivity index (χ1n) is 7.56. The van der Waals surface area contributed by atoms with E-state index >= 15 is 0 Å². The first-order chi connectivity index (χ1) is 9.65. The maximum absolute atomic E-state index is 5.88. The first kappa shape index (κ1) is 15.2. The van der Waals surface area contributed by atoms with Crippen LogP contribution in [-0.2, 0) is 4.74 Å². The number of hydrogen-bond acceptors (Lipinski definition) is 5. The standard InChI is InChI=1S/C15H26N4O/c1-11-12(2)19-15(10-18-11)17-8-3-9-20-14-6-4-13(16)5-7-14/h10,13-14H,3-9,16H2,1-2H3,(H,17,19). The Labute approximate surface area is 121 Å². The van der Waals surface area contributed by atoms with Crippen molar-refractivity contribution in [3.8, 4) is 0 Å². The van der Waals surface area contributed by atoms with E-state index in [2.05, 4.69) is 15.3 Å². The molecule has 1 aromatic rings. The van der Waals surface area contributed by atoms with Gasteiger partial charge in [-0.1, -0.05) is 0 Å². The summed E-state index contributed by atoms with van der Waals surface area (Å²) in [7, 11) is 0. The van der Waals surface area contributed by atoms with Crippen LogP contribution in [0, 0.1) is 13.8 Å². The average Bonchev–Trinajstić information content (AvgIpc) is 2.44. The van der Waals surface area contributed by atoms with Crippen molar-refractivity contribution < 1.29 is 4.74 Å². The minimum Gasteiger partial charge on any atom is -0.378 e. The Kier molecular flexibility index (Phi) is 5.73. The minimum absolute atomic E-state index is 0.389. The van der Waals surface area contributed by atoms with E-state index in [0.29, 0.717) is 12.1 Å². The van der Waals surface area contributed by atoms with Crippen LogP contribution in [0.2, 0.25) is 0 Å². The molecule has 1 aliphatic rings. The van der Waals surface area contributed by atoms with Crippen LogP contribution < -0.4 is 11.1 Å². The van der Waals surface area contributed by atoms with E-state index in [9.17, 15) is 0 Å². The Morgan fingerprint density at radius 1 is 1.25 bits per heavy atom. The summed E-state index contributed by atoms with van der Waals surface area (Å²) in [6, 6.07) is 0.389. The third-order valence-electron chi connectivity index (χ3n) is 3.89. The summed E-state index contributed by atoms with van der Waals surface area (Å²) in [6.45, 7) is 5.61.